The summed E-state index contributed by atoms with van der Waals surface area (Å²) in [5.74, 6) is 2.43. The topological polar surface area (TPSA) is 12.5 Å². The van der Waals surface area contributed by atoms with Crippen LogP contribution in [0.4, 0.5) is 0 Å². The van der Waals surface area contributed by atoms with Crippen molar-refractivity contribution in [1.29, 1.82) is 0 Å². The van der Waals surface area contributed by atoms with E-state index in [4.69, 9.17) is 4.74 Å². The Labute approximate surface area is 193 Å². The van der Waals surface area contributed by atoms with E-state index in [0.29, 0.717) is 11.2 Å². The maximum Gasteiger partial charge on any atom is 0.119 e. The second-order valence-electron chi connectivity index (χ2n) is 9.30. The number of fused-ring (bicyclic) bond motifs is 1. The molecule has 0 unspecified atom stereocenters. The third-order valence-electron chi connectivity index (χ3n) is 7.19. The molecule has 2 atom stereocenters. The molecule has 31 heavy (non-hydrogen) atoms. The molecule has 0 saturated carbocycles. The lowest BCUT2D eigenvalue weighted by molar-refractivity contribution is 0.186. The van der Waals surface area contributed by atoms with Gasteiger partial charge in [0, 0.05) is 16.7 Å². The lowest BCUT2D eigenvalue weighted by Crippen LogP contribution is -2.34. The average molecular weight is 436 g/mol. The molecular formula is C28H37NOS. The SMILES string of the molecule is COc1ccc2c(c1)C/C(=C/CCN1CCC(Cc3ccccc3)CC1)[C@@H](C)[C@@H](C)S2. The number of rotatable bonds is 6. The molecule has 2 aliphatic rings. The maximum atomic E-state index is 5.48. The molecule has 2 heterocycles. The van der Waals surface area contributed by atoms with Crippen LogP contribution in [0.2, 0.25) is 0 Å². The Bertz CT molecular complexity index is 870. The molecule has 1 fully saturated rings. The molecular weight excluding hydrogens is 398 g/mol. The fraction of sp³-hybridized carbons (Fsp3) is 0.500. The molecule has 4 rings (SSSR count). The molecule has 0 N–H and O–H groups in total. The lowest BCUT2D eigenvalue weighted by atomic mass is 9.90. The van der Waals surface area contributed by atoms with Gasteiger partial charge in [0.1, 0.15) is 5.75 Å². The summed E-state index contributed by atoms with van der Waals surface area (Å²) >= 11 is 2.02. The van der Waals surface area contributed by atoms with Crippen LogP contribution in [-0.2, 0) is 12.8 Å². The zero-order valence-corrected chi connectivity index (χ0v) is 20.2. The summed E-state index contributed by atoms with van der Waals surface area (Å²) in [5.41, 5.74) is 4.52. The minimum absolute atomic E-state index is 0.606. The predicted molar refractivity (Wildman–Crippen MR) is 133 cm³/mol. The van der Waals surface area contributed by atoms with Crippen LogP contribution in [0.5, 0.6) is 5.75 Å². The summed E-state index contributed by atoms with van der Waals surface area (Å²) in [6.07, 6.45) is 8.69. The normalized spacial score (nSPS) is 24.0. The third kappa shape index (κ3) is 5.96. The average Bonchev–Trinajstić information content (AvgIpc) is 2.91. The van der Waals surface area contributed by atoms with Crippen molar-refractivity contribution >= 4 is 11.8 Å². The molecule has 0 radical (unpaired) electrons. The van der Waals surface area contributed by atoms with Crippen LogP contribution in [0.15, 0.2) is 65.1 Å². The van der Waals surface area contributed by atoms with Gasteiger partial charge in [-0.1, -0.05) is 55.8 Å². The number of methoxy groups -OCH3 is 1. The van der Waals surface area contributed by atoms with E-state index in [0.717, 1.165) is 18.1 Å². The lowest BCUT2D eigenvalue weighted by Gasteiger charge is -2.32. The monoisotopic (exact) mass is 435 g/mol. The Morgan fingerprint density at radius 1 is 1.06 bits per heavy atom. The summed E-state index contributed by atoms with van der Waals surface area (Å²) in [7, 11) is 1.76. The molecule has 0 bridgehead atoms. The van der Waals surface area contributed by atoms with Gasteiger partial charge in [-0.25, -0.2) is 0 Å². The summed E-state index contributed by atoms with van der Waals surface area (Å²) in [4.78, 5) is 4.10. The van der Waals surface area contributed by atoms with Crippen molar-refractivity contribution in [3.05, 3.63) is 71.3 Å². The fourth-order valence-corrected chi connectivity index (χ4v) is 6.18. The zero-order chi connectivity index (χ0) is 21.6. The molecule has 2 aliphatic heterocycles. The second-order valence-corrected chi connectivity index (χ2v) is 10.7. The second kappa shape index (κ2) is 10.7. The summed E-state index contributed by atoms with van der Waals surface area (Å²) in [5, 5.41) is 0.606. The highest BCUT2D eigenvalue weighted by molar-refractivity contribution is 8.00. The first kappa shape index (κ1) is 22.5. The largest absolute Gasteiger partial charge is 0.497 e. The number of ether oxygens (including phenoxy) is 1. The van der Waals surface area contributed by atoms with Crippen LogP contribution in [0.1, 0.15) is 44.2 Å². The van der Waals surface area contributed by atoms with Gasteiger partial charge in [0.05, 0.1) is 7.11 Å². The number of thioether (sulfide) groups is 1. The van der Waals surface area contributed by atoms with Gasteiger partial charge in [-0.2, -0.15) is 0 Å². The summed E-state index contributed by atoms with van der Waals surface area (Å²) < 4.78 is 5.48. The Morgan fingerprint density at radius 3 is 2.58 bits per heavy atom. The molecule has 0 spiro atoms. The van der Waals surface area contributed by atoms with Crippen molar-refractivity contribution in [2.24, 2.45) is 11.8 Å². The first-order valence-electron chi connectivity index (χ1n) is 11.9. The first-order valence-corrected chi connectivity index (χ1v) is 12.8. The van der Waals surface area contributed by atoms with Crippen LogP contribution in [-0.4, -0.2) is 36.9 Å². The summed E-state index contributed by atoms with van der Waals surface area (Å²) in [6.45, 7) is 8.48. The third-order valence-corrected chi connectivity index (χ3v) is 8.62. The highest BCUT2D eigenvalue weighted by Crippen LogP contribution is 2.40. The minimum atomic E-state index is 0.606. The van der Waals surface area contributed by atoms with E-state index >= 15 is 0 Å². The van der Waals surface area contributed by atoms with Crippen LogP contribution in [0.25, 0.3) is 0 Å². The fourth-order valence-electron chi connectivity index (χ4n) is 4.97. The highest BCUT2D eigenvalue weighted by Gasteiger charge is 2.24. The van der Waals surface area contributed by atoms with Gasteiger partial charge >= 0.3 is 0 Å². The number of hydrogen-bond acceptors (Lipinski definition) is 3. The van der Waals surface area contributed by atoms with Crippen LogP contribution >= 0.6 is 11.8 Å². The van der Waals surface area contributed by atoms with E-state index in [1.54, 1.807) is 12.7 Å². The van der Waals surface area contributed by atoms with Gasteiger partial charge in [-0.15, -0.1) is 11.8 Å². The van der Waals surface area contributed by atoms with Gasteiger partial charge in [-0.05, 0) is 86.4 Å². The van der Waals surface area contributed by atoms with Crippen molar-refractivity contribution in [1.82, 2.24) is 4.90 Å². The van der Waals surface area contributed by atoms with E-state index < -0.39 is 0 Å². The van der Waals surface area contributed by atoms with Crippen molar-refractivity contribution in [2.45, 2.75) is 56.1 Å². The molecule has 2 aromatic rings. The van der Waals surface area contributed by atoms with E-state index in [9.17, 15) is 0 Å². The van der Waals surface area contributed by atoms with Gasteiger partial charge in [0.2, 0.25) is 0 Å². The standard InChI is InChI=1S/C28H37NOS/c1-21-22(2)31-28-12-11-27(30-3)20-26(28)19-25(21)10-7-15-29-16-13-24(14-17-29)18-23-8-5-4-6-9-23/h4-6,8-12,20-22,24H,7,13-19H2,1-3H3/b25-10-/t21-,22+/m0/s1. The molecule has 0 amide bonds. The van der Waals surface area contributed by atoms with Gasteiger partial charge in [-0.3, -0.25) is 0 Å². The Morgan fingerprint density at radius 2 is 1.84 bits per heavy atom. The van der Waals surface area contributed by atoms with Crippen LogP contribution in [0, 0.1) is 11.8 Å². The van der Waals surface area contributed by atoms with E-state index in [1.807, 2.05) is 11.8 Å². The number of likely N-dealkylation sites (tertiary alicyclic amines) is 1. The molecule has 0 aromatic heterocycles. The zero-order valence-electron chi connectivity index (χ0n) is 19.3. The number of nitrogens with zero attached hydrogens (tertiary/aromatic N) is 1. The minimum Gasteiger partial charge on any atom is -0.497 e. The first-order chi connectivity index (χ1) is 15.1. The van der Waals surface area contributed by atoms with Crippen molar-refractivity contribution < 1.29 is 4.74 Å². The Hall–Kier alpha value is -1.71. The smallest absolute Gasteiger partial charge is 0.119 e. The predicted octanol–water partition coefficient (Wildman–Crippen LogP) is 6.64. The van der Waals surface area contributed by atoms with E-state index in [1.165, 1.54) is 61.3 Å². The van der Waals surface area contributed by atoms with E-state index in [-0.39, 0.29) is 0 Å². The van der Waals surface area contributed by atoms with Crippen LogP contribution in [0.3, 0.4) is 0 Å². The molecule has 0 aliphatic carbocycles. The molecule has 3 heteroatoms. The van der Waals surface area contributed by atoms with Crippen molar-refractivity contribution in [3.8, 4) is 5.75 Å². The molecule has 2 nitrogen and oxygen atoms in total. The van der Waals surface area contributed by atoms with Gasteiger partial charge in [0.25, 0.3) is 0 Å². The Kier molecular flexibility index (Phi) is 7.79. The number of piperidine rings is 1. The van der Waals surface area contributed by atoms with Crippen molar-refractivity contribution in [2.75, 3.05) is 26.7 Å². The van der Waals surface area contributed by atoms with Gasteiger partial charge < -0.3 is 9.64 Å². The number of hydrogen-bond donors (Lipinski definition) is 0. The summed E-state index contributed by atoms with van der Waals surface area (Å²) in [6, 6.07) is 17.6. The Balaban J connectivity index is 1.31. The van der Waals surface area contributed by atoms with Crippen molar-refractivity contribution in [3.63, 3.8) is 0 Å². The highest BCUT2D eigenvalue weighted by atomic mass is 32.2. The number of allylic oxidation sites excluding steroid dienone is 1. The molecule has 1 saturated heterocycles. The number of benzene rings is 2. The quantitative estimate of drug-likeness (QED) is 0.472. The van der Waals surface area contributed by atoms with Gasteiger partial charge in [0.15, 0.2) is 0 Å². The molecule has 166 valence electrons. The van der Waals surface area contributed by atoms with Crippen LogP contribution < -0.4 is 4.74 Å². The maximum absolute atomic E-state index is 5.48. The molecule has 2 aromatic carbocycles. The van der Waals surface area contributed by atoms with E-state index in [2.05, 4.69) is 73.4 Å².